The maximum Gasteiger partial charge on any atom is 0.245 e. The second-order valence-corrected chi connectivity index (χ2v) is 7.96. The highest BCUT2D eigenvalue weighted by atomic mass is 35.5. The number of carbonyl (C=O) groups is 1. The quantitative estimate of drug-likeness (QED) is 0.865. The van der Waals surface area contributed by atoms with E-state index in [1.807, 2.05) is 47.4 Å². The number of halogens is 1. The number of aliphatic hydroxyl groups is 1. The van der Waals surface area contributed by atoms with Gasteiger partial charge in [-0.05, 0) is 49.7 Å². The Morgan fingerprint density at radius 1 is 1.20 bits per heavy atom. The van der Waals surface area contributed by atoms with E-state index >= 15 is 0 Å². The number of aliphatic hydroxyl groups excluding tert-OH is 1. The minimum atomic E-state index is -0.340. The van der Waals surface area contributed by atoms with Crippen molar-refractivity contribution in [3.63, 3.8) is 0 Å². The lowest BCUT2D eigenvalue weighted by Crippen LogP contribution is -2.45. The third kappa shape index (κ3) is 3.42. The standard InChI is InChI=1S/C19H19ClN2O2S/c20-13-7-8-18-16(10-13)22(15-5-1-2-6-17(15)25-18)19(24)12-21-9-3-4-14(23)11-21/h1-2,5-8,10,14,23H,3-4,9,11-12H2. The van der Waals surface area contributed by atoms with Crippen molar-refractivity contribution in [2.24, 2.45) is 0 Å². The van der Waals surface area contributed by atoms with Crippen molar-refractivity contribution < 1.29 is 9.90 Å². The number of likely N-dealkylation sites (tertiary alicyclic amines) is 1. The molecule has 130 valence electrons. The molecule has 6 heteroatoms. The molecule has 1 saturated heterocycles. The second kappa shape index (κ2) is 7.00. The lowest BCUT2D eigenvalue weighted by Gasteiger charge is -2.34. The Kier molecular flexibility index (Phi) is 4.73. The summed E-state index contributed by atoms with van der Waals surface area (Å²) >= 11 is 7.85. The first kappa shape index (κ1) is 16.9. The predicted molar refractivity (Wildman–Crippen MR) is 101 cm³/mol. The lowest BCUT2D eigenvalue weighted by atomic mass is 10.1. The van der Waals surface area contributed by atoms with Crippen molar-refractivity contribution in [1.82, 2.24) is 4.90 Å². The SMILES string of the molecule is O=C(CN1CCCC(O)C1)N1c2ccccc2Sc2ccc(Cl)cc21. The van der Waals surface area contributed by atoms with Gasteiger partial charge in [-0.1, -0.05) is 35.5 Å². The number of para-hydroxylation sites is 1. The highest BCUT2D eigenvalue weighted by Gasteiger charge is 2.30. The molecule has 1 N–H and O–H groups in total. The van der Waals surface area contributed by atoms with Gasteiger partial charge in [0.05, 0.1) is 24.0 Å². The van der Waals surface area contributed by atoms with E-state index in [1.165, 1.54) is 0 Å². The molecule has 2 aliphatic rings. The van der Waals surface area contributed by atoms with Crippen molar-refractivity contribution in [3.05, 3.63) is 47.5 Å². The zero-order chi connectivity index (χ0) is 17.4. The highest BCUT2D eigenvalue weighted by molar-refractivity contribution is 7.99. The van der Waals surface area contributed by atoms with Gasteiger partial charge < -0.3 is 5.11 Å². The van der Waals surface area contributed by atoms with Crippen molar-refractivity contribution in [1.29, 1.82) is 0 Å². The van der Waals surface area contributed by atoms with Gasteiger partial charge in [-0.25, -0.2) is 0 Å². The Morgan fingerprint density at radius 3 is 2.84 bits per heavy atom. The third-order valence-electron chi connectivity index (χ3n) is 4.58. The molecule has 1 fully saturated rings. The fraction of sp³-hybridized carbons (Fsp3) is 0.316. The number of β-amino-alcohol motifs (C(OH)–C–C–N with tert-alkyl or cyclic N) is 1. The number of carbonyl (C=O) groups excluding carboxylic acids is 1. The molecule has 2 aromatic carbocycles. The molecule has 1 atom stereocenters. The number of fused-ring (bicyclic) bond motifs is 2. The largest absolute Gasteiger partial charge is 0.392 e. The van der Waals surface area contributed by atoms with E-state index in [0.29, 0.717) is 18.1 Å². The number of amides is 1. The summed E-state index contributed by atoms with van der Waals surface area (Å²) < 4.78 is 0. The first-order valence-corrected chi connectivity index (χ1v) is 9.61. The maximum absolute atomic E-state index is 13.2. The van der Waals surface area contributed by atoms with Gasteiger partial charge in [0, 0.05) is 21.4 Å². The minimum absolute atomic E-state index is 0.00497. The van der Waals surface area contributed by atoms with Gasteiger partial charge in [0.15, 0.2) is 0 Å². The Balaban J connectivity index is 1.68. The number of anilines is 2. The average Bonchev–Trinajstić information content (AvgIpc) is 2.59. The molecule has 0 bridgehead atoms. The molecule has 25 heavy (non-hydrogen) atoms. The summed E-state index contributed by atoms with van der Waals surface area (Å²) in [6.07, 6.45) is 1.39. The summed E-state index contributed by atoms with van der Waals surface area (Å²) in [7, 11) is 0. The first-order valence-electron chi connectivity index (χ1n) is 8.41. The molecule has 1 unspecified atom stereocenters. The smallest absolute Gasteiger partial charge is 0.245 e. The van der Waals surface area contributed by atoms with Gasteiger partial charge >= 0.3 is 0 Å². The molecule has 0 spiro atoms. The van der Waals surface area contributed by atoms with Crippen LogP contribution in [-0.2, 0) is 4.79 Å². The van der Waals surface area contributed by atoms with E-state index in [1.54, 1.807) is 16.7 Å². The van der Waals surface area contributed by atoms with Gasteiger partial charge in [0.2, 0.25) is 5.91 Å². The van der Waals surface area contributed by atoms with Crippen molar-refractivity contribution in [2.45, 2.75) is 28.7 Å². The molecule has 2 aliphatic heterocycles. The summed E-state index contributed by atoms with van der Waals surface area (Å²) in [5.74, 6) is 0.00497. The van der Waals surface area contributed by atoms with Crippen molar-refractivity contribution in [3.8, 4) is 0 Å². The Morgan fingerprint density at radius 2 is 2.00 bits per heavy atom. The van der Waals surface area contributed by atoms with Gasteiger partial charge in [-0.15, -0.1) is 0 Å². The molecular formula is C19H19ClN2O2S. The fourth-order valence-corrected chi connectivity index (χ4v) is 4.64. The summed E-state index contributed by atoms with van der Waals surface area (Å²) in [5.41, 5.74) is 1.73. The summed E-state index contributed by atoms with van der Waals surface area (Å²) in [6, 6.07) is 13.6. The zero-order valence-electron chi connectivity index (χ0n) is 13.7. The van der Waals surface area contributed by atoms with Crippen molar-refractivity contribution in [2.75, 3.05) is 24.5 Å². The molecule has 0 aromatic heterocycles. The van der Waals surface area contributed by atoms with E-state index in [4.69, 9.17) is 11.6 Å². The van der Waals surface area contributed by atoms with Crippen LogP contribution in [0.3, 0.4) is 0 Å². The van der Waals surface area contributed by atoms with Crippen LogP contribution in [0.2, 0.25) is 5.02 Å². The average molecular weight is 375 g/mol. The first-order chi connectivity index (χ1) is 12.1. The number of hydrogen-bond acceptors (Lipinski definition) is 4. The van der Waals surface area contributed by atoms with Crippen LogP contribution in [0.25, 0.3) is 0 Å². The second-order valence-electron chi connectivity index (χ2n) is 6.44. The molecular weight excluding hydrogens is 356 g/mol. The van der Waals surface area contributed by atoms with Crippen LogP contribution in [0.5, 0.6) is 0 Å². The number of piperidine rings is 1. The fourth-order valence-electron chi connectivity index (χ4n) is 3.43. The van der Waals surface area contributed by atoms with Crippen LogP contribution in [-0.4, -0.2) is 41.7 Å². The van der Waals surface area contributed by atoms with Crippen LogP contribution in [0.15, 0.2) is 52.3 Å². The number of benzene rings is 2. The predicted octanol–water partition coefficient (Wildman–Crippen LogP) is 3.93. The number of hydrogen-bond donors (Lipinski definition) is 1. The lowest BCUT2D eigenvalue weighted by molar-refractivity contribution is -0.119. The molecule has 1 amide bonds. The van der Waals surface area contributed by atoms with Crippen molar-refractivity contribution >= 4 is 40.6 Å². The van der Waals surface area contributed by atoms with Crippen LogP contribution >= 0.6 is 23.4 Å². The highest BCUT2D eigenvalue weighted by Crippen LogP contribution is 2.48. The minimum Gasteiger partial charge on any atom is -0.392 e. The van der Waals surface area contributed by atoms with Crippen LogP contribution in [0.4, 0.5) is 11.4 Å². The third-order valence-corrected chi connectivity index (χ3v) is 5.94. The normalized spacial score (nSPS) is 20.1. The van der Waals surface area contributed by atoms with E-state index in [0.717, 1.165) is 40.6 Å². The van der Waals surface area contributed by atoms with Gasteiger partial charge in [-0.2, -0.15) is 0 Å². The van der Waals surface area contributed by atoms with Crippen LogP contribution < -0.4 is 4.90 Å². The molecule has 2 heterocycles. The monoisotopic (exact) mass is 374 g/mol. The Labute approximate surface area is 156 Å². The van der Waals surface area contributed by atoms with Gasteiger partial charge in [0.1, 0.15) is 0 Å². The molecule has 0 saturated carbocycles. The summed E-state index contributed by atoms with van der Waals surface area (Å²) in [4.78, 5) is 19.0. The Hall–Kier alpha value is -1.53. The summed E-state index contributed by atoms with van der Waals surface area (Å²) in [5, 5.41) is 10.5. The van der Waals surface area contributed by atoms with E-state index < -0.39 is 0 Å². The maximum atomic E-state index is 13.2. The topological polar surface area (TPSA) is 43.8 Å². The van der Waals surface area contributed by atoms with Gasteiger partial charge in [0.25, 0.3) is 0 Å². The van der Waals surface area contributed by atoms with E-state index in [-0.39, 0.29) is 12.0 Å². The van der Waals surface area contributed by atoms with E-state index in [9.17, 15) is 9.90 Å². The van der Waals surface area contributed by atoms with Crippen LogP contribution in [0, 0.1) is 0 Å². The van der Waals surface area contributed by atoms with E-state index in [2.05, 4.69) is 0 Å². The number of nitrogens with zero attached hydrogens (tertiary/aromatic N) is 2. The molecule has 0 radical (unpaired) electrons. The summed E-state index contributed by atoms with van der Waals surface area (Å²) in [6.45, 7) is 1.69. The number of rotatable bonds is 2. The van der Waals surface area contributed by atoms with Crippen LogP contribution in [0.1, 0.15) is 12.8 Å². The Bertz CT molecular complexity index is 814. The molecule has 0 aliphatic carbocycles. The molecule has 4 rings (SSSR count). The van der Waals surface area contributed by atoms with Gasteiger partial charge in [-0.3, -0.25) is 14.6 Å². The zero-order valence-corrected chi connectivity index (χ0v) is 15.3. The molecule has 4 nitrogen and oxygen atoms in total. The molecule has 2 aromatic rings.